The molecule has 1 aliphatic rings. The summed E-state index contributed by atoms with van der Waals surface area (Å²) >= 11 is 0. The normalized spacial score (nSPS) is 14.5. The second-order valence-electron chi connectivity index (χ2n) is 7.81. The van der Waals surface area contributed by atoms with E-state index in [0.29, 0.717) is 43.5 Å². The zero-order valence-electron chi connectivity index (χ0n) is 18.4. The van der Waals surface area contributed by atoms with Crippen molar-refractivity contribution in [2.24, 2.45) is 0 Å². The third kappa shape index (κ3) is 6.61. The van der Waals surface area contributed by atoms with Crippen LogP contribution in [-0.2, 0) is 20.9 Å². The van der Waals surface area contributed by atoms with Crippen molar-refractivity contribution < 1.29 is 23.6 Å². The van der Waals surface area contributed by atoms with Gasteiger partial charge in [0.15, 0.2) is 0 Å². The Labute approximate surface area is 191 Å². The lowest BCUT2D eigenvalue weighted by atomic mass is 10.1. The van der Waals surface area contributed by atoms with Gasteiger partial charge in [-0.25, -0.2) is 9.18 Å². The highest BCUT2D eigenvalue weighted by Crippen LogP contribution is 2.23. The Bertz CT molecular complexity index is 992. The molecule has 1 atom stereocenters. The number of benzene rings is 2. The van der Waals surface area contributed by atoms with Crippen LogP contribution in [0.3, 0.4) is 0 Å². The lowest BCUT2D eigenvalue weighted by Crippen LogP contribution is -2.47. The predicted octanol–water partition coefficient (Wildman–Crippen LogP) is 3.48. The average molecular weight is 455 g/mol. The molecule has 33 heavy (non-hydrogen) atoms. The summed E-state index contributed by atoms with van der Waals surface area (Å²) in [6.45, 7) is 2.10. The molecule has 1 saturated heterocycles. The lowest BCUT2D eigenvalue weighted by molar-refractivity contribution is -0.129. The average Bonchev–Trinajstić information content (AvgIpc) is 2.79. The molecule has 0 saturated carbocycles. The molecule has 0 aromatic heterocycles. The molecular formula is C24H27FN4O4. The van der Waals surface area contributed by atoms with Crippen molar-refractivity contribution in [3.63, 3.8) is 0 Å². The first-order chi connectivity index (χ1) is 15.9. The van der Waals surface area contributed by atoms with Crippen LogP contribution >= 0.6 is 0 Å². The number of urea groups is 1. The van der Waals surface area contributed by atoms with Gasteiger partial charge in [-0.3, -0.25) is 19.3 Å². The first kappa shape index (κ1) is 23.9. The molecule has 8 nitrogen and oxygen atoms in total. The molecule has 3 N–H and O–H groups in total. The topological polar surface area (TPSA) is 108 Å². The van der Waals surface area contributed by atoms with Crippen LogP contribution in [0.15, 0.2) is 48.5 Å². The lowest BCUT2D eigenvalue weighted by Gasteiger charge is -2.25. The highest BCUT2D eigenvalue weighted by molar-refractivity contribution is 6.16. The number of halogens is 1. The maximum Gasteiger partial charge on any atom is 0.315 e. The number of nitrogens with one attached hydrogen (secondary N) is 3. The van der Waals surface area contributed by atoms with E-state index in [0.717, 1.165) is 5.56 Å². The predicted molar refractivity (Wildman–Crippen MR) is 122 cm³/mol. The summed E-state index contributed by atoms with van der Waals surface area (Å²) in [6.07, 6.45) is 2.33. The number of imide groups is 1. The van der Waals surface area contributed by atoms with Crippen LogP contribution in [0.5, 0.6) is 0 Å². The van der Waals surface area contributed by atoms with Gasteiger partial charge in [0, 0.05) is 25.1 Å². The molecule has 1 unspecified atom stereocenters. The molecular weight excluding hydrogens is 427 g/mol. The van der Waals surface area contributed by atoms with E-state index in [1.807, 2.05) is 6.92 Å². The number of carbonyl (C=O) groups is 4. The number of piperidine rings is 1. The van der Waals surface area contributed by atoms with Gasteiger partial charge in [-0.2, -0.15) is 0 Å². The first-order valence-electron chi connectivity index (χ1n) is 10.9. The van der Waals surface area contributed by atoms with Gasteiger partial charge in [-0.15, -0.1) is 0 Å². The number of hydrogen-bond donors (Lipinski definition) is 3. The highest BCUT2D eigenvalue weighted by atomic mass is 19.1. The van der Waals surface area contributed by atoms with Crippen LogP contribution in [0.25, 0.3) is 0 Å². The molecule has 0 aliphatic carbocycles. The van der Waals surface area contributed by atoms with Gasteiger partial charge in [-0.1, -0.05) is 25.5 Å². The van der Waals surface area contributed by atoms with Gasteiger partial charge in [0.25, 0.3) is 0 Å². The first-order valence-corrected chi connectivity index (χ1v) is 10.9. The molecule has 2 aromatic rings. The second-order valence-corrected chi connectivity index (χ2v) is 7.81. The number of rotatable bonds is 8. The largest absolute Gasteiger partial charge is 0.334 e. The summed E-state index contributed by atoms with van der Waals surface area (Å²) in [5, 5.41) is 8.07. The van der Waals surface area contributed by atoms with Gasteiger partial charge in [0.2, 0.25) is 17.7 Å². The Morgan fingerprint density at radius 3 is 2.24 bits per heavy atom. The Morgan fingerprint density at radius 1 is 1.00 bits per heavy atom. The third-order valence-electron chi connectivity index (χ3n) is 5.24. The fraction of sp³-hybridized carbons (Fsp3) is 0.333. The standard InChI is InChI=1S/C24H27FN4O4/c1-2-4-20(28-24(33)26-15-16-7-9-17(25)10-8-16)23(32)27-18-11-13-19(14-12-18)29-21(30)5-3-6-22(29)31/h7-14,20H,2-6,15H2,1H3,(H,27,32)(H2,26,28,33). The molecule has 0 spiro atoms. The Balaban J connectivity index is 1.56. The van der Waals surface area contributed by atoms with Gasteiger partial charge >= 0.3 is 6.03 Å². The third-order valence-corrected chi connectivity index (χ3v) is 5.24. The number of nitrogens with zero attached hydrogens (tertiary/aromatic N) is 1. The maximum atomic E-state index is 13.0. The van der Waals surface area contributed by atoms with Crippen LogP contribution in [0.2, 0.25) is 0 Å². The number of hydrogen-bond acceptors (Lipinski definition) is 4. The van der Waals surface area contributed by atoms with E-state index in [1.165, 1.54) is 17.0 Å². The molecule has 9 heteroatoms. The number of carbonyl (C=O) groups excluding carboxylic acids is 4. The molecule has 5 amide bonds. The molecule has 0 bridgehead atoms. The monoisotopic (exact) mass is 454 g/mol. The summed E-state index contributed by atoms with van der Waals surface area (Å²) in [5.74, 6) is -1.21. The molecule has 1 fully saturated rings. The highest BCUT2D eigenvalue weighted by Gasteiger charge is 2.27. The molecule has 2 aromatic carbocycles. The Hall–Kier alpha value is -3.75. The molecule has 1 heterocycles. The van der Waals surface area contributed by atoms with Gasteiger partial charge < -0.3 is 16.0 Å². The fourth-order valence-corrected chi connectivity index (χ4v) is 3.52. The Morgan fingerprint density at radius 2 is 1.64 bits per heavy atom. The molecule has 1 aliphatic heterocycles. The Kier molecular flexibility index (Phi) is 8.12. The summed E-state index contributed by atoms with van der Waals surface area (Å²) < 4.78 is 13.0. The smallest absolute Gasteiger partial charge is 0.315 e. The summed E-state index contributed by atoms with van der Waals surface area (Å²) in [7, 11) is 0. The second kappa shape index (κ2) is 11.2. The fourth-order valence-electron chi connectivity index (χ4n) is 3.52. The zero-order chi connectivity index (χ0) is 23.8. The minimum atomic E-state index is -0.756. The van der Waals surface area contributed by atoms with Gasteiger partial charge in [0.05, 0.1) is 5.69 Å². The van der Waals surface area contributed by atoms with E-state index >= 15 is 0 Å². The van der Waals surface area contributed by atoms with E-state index in [2.05, 4.69) is 16.0 Å². The minimum absolute atomic E-state index is 0.196. The van der Waals surface area contributed by atoms with E-state index in [1.54, 1.807) is 36.4 Å². The zero-order valence-corrected chi connectivity index (χ0v) is 18.4. The van der Waals surface area contributed by atoms with Crippen molar-refractivity contribution in [1.82, 2.24) is 10.6 Å². The van der Waals surface area contributed by atoms with Crippen molar-refractivity contribution in [1.29, 1.82) is 0 Å². The van der Waals surface area contributed by atoms with Crippen LogP contribution < -0.4 is 20.9 Å². The van der Waals surface area contributed by atoms with Crippen molar-refractivity contribution in [3.8, 4) is 0 Å². The van der Waals surface area contributed by atoms with E-state index in [9.17, 15) is 23.6 Å². The van der Waals surface area contributed by atoms with Gasteiger partial charge in [-0.05, 0) is 54.8 Å². The van der Waals surface area contributed by atoms with E-state index in [4.69, 9.17) is 0 Å². The summed E-state index contributed by atoms with van der Waals surface area (Å²) in [6, 6.07) is 10.9. The van der Waals surface area contributed by atoms with Crippen molar-refractivity contribution in [2.45, 2.75) is 51.6 Å². The van der Waals surface area contributed by atoms with Crippen LogP contribution in [0.1, 0.15) is 44.6 Å². The van der Waals surface area contributed by atoms with Crippen LogP contribution in [-0.4, -0.2) is 29.8 Å². The molecule has 3 rings (SSSR count). The van der Waals surface area contributed by atoms with Crippen molar-refractivity contribution in [2.75, 3.05) is 10.2 Å². The summed E-state index contributed by atoms with van der Waals surface area (Å²) in [5.41, 5.74) is 1.68. The number of anilines is 2. The number of amides is 5. The molecule has 174 valence electrons. The SMILES string of the molecule is CCCC(NC(=O)NCc1ccc(F)cc1)C(=O)Nc1ccc(N2C(=O)CCCC2=O)cc1. The van der Waals surface area contributed by atoms with E-state index in [-0.39, 0.29) is 30.1 Å². The summed E-state index contributed by atoms with van der Waals surface area (Å²) in [4.78, 5) is 50.3. The van der Waals surface area contributed by atoms with E-state index < -0.39 is 12.1 Å². The van der Waals surface area contributed by atoms with Gasteiger partial charge in [0.1, 0.15) is 11.9 Å². The van der Waals surface area contributed by atoms with Crippen LogP contribution in [0, 0.1) is 5.82 Å². The minimum Gasteiger partial charge on any atom is -0.334 e. The van der Waals surface area contributed by atoms with Crippen LogP contribution in [0.4, 0.5) is 20.6 Å². The van der Waals surface area contributed by atoms with Crippen molar-refractivity contribution >= 4 is 35.1 Å². The van der Waals surface area contributed by atoms with Crippen molar-refractivity contribution in [3.05, 3.63) is 59.9 Å². The maximum absolute atomic E-state index is 13.0. The molecule has 0 radical (unpaired) electrons. The quantitative estimate of drug-likeness (QED) is 0.531.